The largest absolute Gasteiger partial charge is 0.448 e. The minimum absolute atomic E-state index is 0.0658. The number of nitriles is 1. The van der Waals surface area contributed by atoms with Gasteiger partial charge in [-0.3, -0.25) is 9.59 Å². The monoisotopic (exact) mass is 471 g/mol. The van der Waals surface area contributed by atoms with Gasteiger partial charge in [-0.25, -0.2) is 9.50 Å². The van der Waals surface area contributed by atoms with Crippen molar-refractivity contribution in [2.24, 2.45) is 11.5 Å². The number of anilines is 1. The van der Waals surface area contributed by atoms with Crippen molar-refractivity contribution in [1.82, 2.24) is 14.6 Å². The number of hydrogen-bond acceptors (Lipinski definition) is 7. The Labute approximate surface area is 201 Å². The predicted molar refractivity (Wildman–Crippen MR) is 130 cm³/mol. The summed E-state index contributed by atoms with van der Waals surface area (Å²) in [6.07, 6.45) is 6.08. The molecule has 3 aromatic heterocycles. The second-order valence-electron chi connectivity index (χ2n) is 8.31. The Morgan fingerprint density at radius 2 is 1.94 bits per heavy atom. The zero-order chi connectivity index (χ0) is 25.1. The molecule has 2 amide bonds. The number of oxazole rings is 1. The number of rotatable bonds is 9. The van der Waals surface area contributed by atoms with Crippen molar-refractivity contribution in [2.45, 2.75) is 38.6 Å². The fraction of sp³-hybridized carbons (Fsp3) is 0.240. The summed E-state index contributed by atoms with van der Waals surface area (Å²) in [5, 5.41) is 16.8. The van der Waals surface area contributed by atoms with E-state index in [4.69, 9.17) is 21.1 Å². The number of nitrogens with zero attached hydrogens (tertiary/aromatic N) is 4. The van der Waals surface area contributed by atoms with Crippen molar-refractivity contribution in [3.63, 3.8) is 0 Å². The first-order valence-electron chi connectivity index (χ1n) is 11.2. The normalized spacial score (nSPS) is 12.7. The van der Waals surface area contributed by atoms with Crippen LogP contribution in [0.3, 0.4) is 0 Å². The number of carbonyl (C=O) groups is 2. The fourth-order valence-electron chi connectivity index (χ4n) is 4.09. The lowest BCUT2D eigenvalue weighted by Crippen LogP contribution is -2.27. The summed E-state index contributed by atoms with van der Waals surface area (Å²) in [6.45, 7) is 3.98. The van der Waals surface area contributed by atoms with Gasteiger partial charge in [0.05, 0.1) is 40.5 Å². The zero-order valence-electron chi connectivity index (χ0n) is 19.4. The maximum Gasteiger partial charge on any atom is 0.270 e. The molecule has 178 valence electrons. The van der Waals surface area contributed by atoms with E-state index in [-0.39, 0.29) is 23.2 Å². The maximum atomic E-state index is 12.3. The molecule has 3 heterocycles. The Balaban J connectivity index is 1.74. The minimum atomic E-state index is -0.661. The summed E-state index contributed by atoms with van der Waals surface area (Å²) in [5.74, 6) is -1.09. The quantitative estimate of drug-likeness (QED) is 0.336. The van der Waals surface area contributed by atoms with E-state index in [2.05, 4.69) is 21.5 Å². The van der Waals surface area contributed by atoms with E-state index in [1.165, 1.54) is 12.5 Å². The van der Waals surface area contributed by atoms with Crippen LogP contribution in [-0.2, 0) is 0 Å². The molecule has 5 N–H and O–H groups in total. The molecule has 2 atom stereocenters. The lowest BCUT2D eigenvalue weighted by atomic mass is 9.95. The predicted octanol–water partition coefficient (Wildman–Crippen LogP) is 3.44. The standard InChI is InChI=1S/C25H25N7O3/c1-3-4-18(25-31-20(13-35-25)24(28)34)14(2)30-22-19(23(27)33)11-29-32-12-17(9-21(22)32)16-7-5-15(10-26)6-8-16/h5-9,11-14,18,30H,3-4H2,1-2H3,(H2,27,33)(H2,28,34). The van der Waals surface area contributed by atoms with E-state index < -0.39 is 11.8 Å². The van der Waals surface area contributed by atoms with Gasteiger partial charge in [-0.1, -0.05) is 25.5 Å². The molecule has 0 aliphatic carbocycles. The second kappa shape index (κ2) is 9.69. The maximum absolute atomic E-state index is 12.3. The van der Waals surface area contributed by atoms with E-state index in [1.54, 1.807) is 16.6 Å². The molecule has 10 nitrogen and oxygen atoms in total. The number of fused-ring (bicyclic) bond motifs is 1. The third-order valence-electron chi connectivity index (χ3n) is 5.92. The lowest BCUT2D eigenvalue weighted by molar-refractivity contribution is 0.0989. The van der Waals surface area contributed by atoms with Crippen LogP contribution in [0.4, 0.5) is 5.69 Å². The number of nitrogens with two attached hydrogens (primary N) is 2. The van der Waals surface area contributed by atoms with Crippen LogP contribution in [0.15, 0.2) is 53.4 Å². The molecule has 0 bridgehead atoms. The van der Waals surface area contributed by atoms with Crippen molar-refractivity contribution >= 4 is 23.0 Å². The molecule has 1 aromatic carbocycles. The van der Waals surface area contributed by atoms with Gasteiger partial charge in [0.1, 0.15) is 6.26 Å². The molecule has 2 unspecified atom stereocenters. The van der Waals surface area contributed by atoms with E-state index in [0.29, 0.717) is 22.7 Å². The SMILES string of the molecule is CCCC(c1nc(C(N)=O)co1)C(C)Nc1c(C(N)=O)cnn2cc(-c3ccc(C#N)cc3)cc12. The highest BCUT2D eigenvalue weighted by Gasteiger charge is 2.27. The van der Waals surface area contributed by atoms with Crippen molar-refractivity contribution in [3.05, 3.63) is 71.7 Å². The zero-order valence-corrected chi connectivity index (χ0v) is 19.4. The van der Waals surface area contributed by atoms with Gasteiger partial charge in [-0.05, 0) is 37.1 Å². The number of benzene rings is 1. The van der Waals surface area contributed by atoms with E-state index >= 15 is 0 Å². The number of nitrogens with one attached hydrogen (secondary N) is 1. The summed E-state index contributed by atoms with van der Waals surface area (Å²) in [6, 6.07) is 11.0. The summed E-state index contributed by atoms with van der Waals surface area (Å²) in [7, 11) is 0. The Hall–Kier alpha value is -4.65. The number of primary amides is 2. The van der Waals surface area contributed by atoms with Crippen LogP contribution in [0.1, 0.15) is 64.9 Å². The van der Waals surface area contributed by atoms with Crippen LogP contribution in [0.2, 0.25) is 0 Å². The number of amides is 2. The Kier molecular flexibility index (Phi) is 6.51. The highest BCUT2D eigenvalue weighted by Crippen LogP contribution is 2.32. The molecule has 0 spiro atoms. The minimum Gasteiger partial charge on any atom is -0.448 e. The first-order chi connectivity index (χ1) is 16.8. The molecular formula is C25H25N7O3. The Morgan fingerprint density at radius 1 is 1.20 bits per heavy atom. The molecule has 0 radical (unpaired) electrons. The fourth-order valence-corrected chi connectivity index (χ4v) is 4.09. The molecule has 0 fully saturated rings. The van der Waals surface area contributed by atoms with Gasteiger partial charge in [0.2, 0.25) is 0 Å². The van der Waals surface area contributed by atoms with Gasteiger partial charge in [0, 0.05) is 17.8 Å². The number of hydrogen-bond donors (Lipinski definition) is 3. The van der Waals surface area contributed by atoms with Crippen LogP contribution in [0.25, 0.3) is 16.6 Å². The third-order valence-corrected chi connectivity index (χ3v) is 5.92. The van der Waals surface area contributed by atoms with E-state index in [9.17, 15) is 9.59 Å². The molecule has 0 aliphatic rings. The van der Waals surface area contributed by atoms with Crippen molar-refractivity contribution in [1.29, 1.82) is 5.26 Å². The Morgan fingerprint density at radius 3 is 2.54 bits per heavy atom. The van der Waals surface area contributed by atoms with Gasteiger partial charge in [0.15, 0.2) is 11.6 Å². The molecule has 35 heavy (non-hydrogen) atoms. The van der Waals surface area contributed by atoms with Crippen molar-refractivity contribution < 1.29 is 14.0 Å². The molecule has 0 aliphatic heterocycles. The molecule has 4 rings (SSSR count). The highest BCUT2D eigenvalue weighted by atomic mass is 16.3. The smallest absolute Gasteiger partial charge is 0.270 e. The topological polar surface area (TPSA) is 165 Å². The van der Waals surface area contributed by atoms with Gasteiger partial charge in [-0.2, -0.15) is 10.4 Å². The van der Waals surface area contributed by atoms with Crippen molar-refractivity contribution in [2.75, 3.05) is 5.32 Å². The van der Waals surface area contributed by atoms with E-state index in [1.807, 2.05) is 38.2 Å². The molecule has 10 heteroatoms. The average Bonchev–Trinajstić information content (AvgIpc) is 3.50. The second-order valence-corrected chi connectivity index (χ2v) is 8.31. The van der Waals surface area contributed by atoms with Crippen LogP contribution in [0, 0.1) is 11.3 Å². The summed E-state index contributed by atoms with van der Waals surface area (Å²) in [4.78, 5) is 28.0. The summed E-state index contributed by atoms with van der Waals surface area (Å²) < 4.78 is 7.23. The summed E-state index contributed by atoms with van der Waals surface area (Å²) in [5.41, 5.74) is 14.8. The first kappa shape index (κ1) is 23.5. The van der Waals surface area contributed by atoms with Gasteiger partial charge < -0.3 is 21.2 Å². The van der Waals surface area contributed by atoms with Gasteiger partial charge >= 0.3 is 0 Å². The molecule has 4 aromatic rings. The number of aromatic nitrogens is 3. The molecule has 0 saturated carbocycles. The Bertz CT molecular complexity index is 1430. The summed E-state index contributed by atoms with van der Waals surface area (Å²) >= 11 is 0. The van der Waals surface area contributed by atoms with Gasteiger partial charge in [-0.15, -0.1) is 0 Å². The van der Waals surface area contributed by atoms with Crippen LogP contribution >= 0.6 is 0 Å². The molecule has 0 saturated heterocycles. The average molecular weight is 472 g/mol. The van der Waals surface area contributed by atoms with E-state index in [0.717, 1.165) is 24.0 Å². The number of carbonyl (C=O) groups excluding carboxylic acids is 2. The highest BCUT2D eigenvalue weighted by molar-refractivity contribution is 6.02. The van der Waals surface area contributed by atoms with Gasteiger partial charge in [0.25, 0.3) is 11.8 Å². The van der Waals surface area contributed by atoms with Crippen LogP contribution in [0.5, 0.6) is 0 Å². The first-order valence-corrected chi connectivity index (χ1v) is 11.2. The third kappa shape index (κ3) is 4.70. The van der Waals surface area contributed by atoms with Crippen LogP contribution < -0.4 is 16.8 Å². The lowest BCUT2D eigenvalue weighted by Gasteiger charge is -2.24. The molecular weight excluding hydrogens is 446 g/mol. The van der Waals surface area contributed by atoms with Crippen molar-refractivity contribution in [3.8, 4) is 17.2 Å². The van der Waals surface area contributed by atoms with Crippen LogP contribution in [-0.4, -0.2) is 32.5 Å².